The minimum Gasteiger partial charge on any atom is -0.386 e. The van der Waals surface area contributed by atoms with E-state index in [1.807, 2.05) is 0 Å². The maximum Gasteiger partial charge on any atom is 0.481 e. The Hall–Kier alpha value is -2.16. The predicted molar refractivity (Wildman–Crippen MR) is 187 cm³/mol. The van der Waals surface area contributed by atoms with Crippen molar-refractivity contribution in [1.29, 1.82) is 0 Å². The number of hydrogen-bond acceptors (Lipinski definition) is 19. The number of phosphoric ester groups is 3. The van der Waals surface area contributed by atoms with Gasteiger partial charge in [0.1, 0.15) is 46.1 Å². The molecule has 0 bridgehead atoms. The van der Waals surface area contributed by atoms with Crippen molar-refractivity contribution >= 4 is 74.7 Å². The lowest BCUT2D eigenvalue weighted by Gasteiger charge is -2.30. The van der Waals surface area contributed by atoms with Crippen LogP contribution in [0.4, 0.5) is 5.82 Å². The van der Waals surface area contributed by atoms with E-state index in [2.05, 4.69) is 47.0 Å². The molecule has 30 heteroatoms. The monoisotopic (exact) mass is 873 g/mol. The van der Waals surface area contributed by atoms with Crippen LogP contribution < -0.4 is 16.4 Å². The standard InChI is InChI=1S/C24H42N7O18P3S2/c1-24(2,19(34)22(35)27-7-5-15(32)26-6-4-13(53)9-54(3,43)44)10-46-52(41,42)49-51(39,40)45-8-14-18(48-50(36,37)38)17(33)23(47-14)31-12-30-16-20(25)28-11-29-21(16)31/h11-14,17-19,23,33-34,53H,4-10H2,1-3H3,(H,26,32)(H,27,35)(H,39,40)(H,41,42)(H2,25,28,29)(H2,36,37,38)/t13-,14-,17-,18-,19+,23-/m1/s1. The number of aromatic nitrogens is 4. The van der Waals surface area contributed by atoms with Crippen LogP contribution in [0.2, 0.25) is 0 Å². The Kier molecular flexibility index (Phi) is 15.8. The molecule has 1 saturated heterocycles. The number of sulfone groups is 1. The third kappa shape index (κ3) is 14.1. The molecule has 10 N–H and O–H groups in total. The Morgan fingerprint density at radius 2 is 1.74 bits per heavy atom. The van der Waals surface area contributed by atoms with Crippen LogP contribution in [-0.4, -0.2) is 138 Å². The van der Waals surface area contributed by atoms with Crippen LogP contribution >= 0.6 is 36.1 Å². The van der Waals surface area contributed by atoms with Gasteiger partial charge in [0.05, 0.1) is 25.3 Å². The van der Waals surface area contributed by atoms with E-state index in [0.29, 0.717) is 0 Å². The summed E-state index contributed by atoms with van der Waals surface area (Å²) in [4.78, 5) is 75.3. The summed E-state index contributed by atoms with van der Waals surface area (Å²) >= 11 is 4.15. The molecule has 0 spiro atoms. The van der Waals surface area contributed by atoms with Gasteiger partial charge in [-0.1, -0.05) is 13.8 Å². The summed E-state index contributed by atoms with van der Waals surface area (Å²) in [7, 11) is -19.7. The summed E-state index contributed by atoms with van der Waals surface area (Å²) in [6, 6.07) is 0. The molecule has 1 aliphatic rings. The van der Waals surface area contributed by atoms with Crippen molar-refractivity contribution in [3.8, 4) is 0 Å². The van der Waals surface area contributed by atoms with Crippen LogP contribution in [0, 0.1) is 5.41 Å². The summed E-state index contributed by atoms with van der Waals surface area (Å²) < 4.78 is 84.5. The number of amides is 2. The quantitative estimate of drug-likeness (QED) is 0.0485. The molecule has 54 heavy (non-hydrogen) atoms. The van der Waals surface area contributed by atoms with E-state index in [-0.39, 0.29) is 48.7 Å². The number of nitrogens with zero attached hydrogens (tertiary/aromatic N) is 4. The van der Waals surface area contributed by atoms with Crippen molar-refractivity contribution in [2.24, 2.45) is 5.41 Å². The first-order chi connectivity index (χ1) is 24.7. The van der Waals surface area contributed by atoms with Crippen LogP contribution in [0.25, 0.3) is 11.2 Å². The smallest absolute Gasteiger partial charge is 0.386 e. The molecular formula is C24H42N7O18P3S2. The summed E-state index contributed by atoms with van der Waals surface area (Å²) in [5.74, 6) is -1.72. The first-order valence-electron chi connectivity index (χ1n) is 15.4. The number of ether oxygens (including phenoxy) is 1. The maximum absolute atomic E-state index is 12.6. The molecular weight excluding hydrogens is 831 g/mol. The van der Waals surface area contributed by atoms with Gasteiger partial charge >= 0.3 is 23.5 Å². The van der Waals surface area contributed by atoms with Gasteiger partial charge in [0.25, 0.3) is 0 Å². The topological polar surface area (TPSA) is 381 Å². The van der Waals surface area contributed by atoms with E-state index < -0.39 is 99.6 Å². The number of hydrogen-bond donors (Lipinski definition) is 10. The highest BCUT2D eigenvalue weighted by molar-refractivity contribution is 7.92. The zero-order chi connectivity index (χ0) is 40.9. The van der Waals surface area contributed by atoms with Crippen molar-refractivity contribution in [2.45, 2.75) is 62.6 Å². The van der Waals surface area contributed by atoms with Gasteiger partial charge in [-0.25, -0.2) is 37.1 Å². The molecule has 1 aliphatic heterocycles. The number of nitrogen functional groups attached to an aromatic ring is 1. The Bertz CT molecular complexity index is 1900. The second kappa shape index (κ2) is 18.4. The van der Waals surface area contributed by atoms with E-state index in [1.165, 1.54) is 13.8 Å². The number of nitrogens with one attached hydrogen (secondary N) is 2. The van der Waals surface area contributed by atoms with Crippen molar-refractivity contribution in [1.82, 2.24) is 30.2 Å². The number of aliphatic hydroxyl groups excluding tert-OH is 2. The number of thiol groups is 1. The highest BCUT2D eigenvalue weighted by Gasteiger charge is 2.50. The number of carbonyl (C=O) groups is 2. The first kappa shape index (κ1) is 46.2. The zero-order valence-electron chi connectivity index (χ0n) is 28.7. The Labute approximate surface area is 313 Å². The number of aliphatic hydroxyl groups is 2. The number of imidazole rings is 1. The molecule has 0 saturated carbocycles. The highest BCUT2D eigenvalue weighted by atomic mass is 32.2. The lowest BCUT2D eigenvalue weighted by molar-refractivity contribution is -0.137. The average Bonchev–Trinajstić information content (AvgIpc) is 3.58. The minimum absolute atomic E-state index is 0.0235. The molecule has 1 fully saturated rings. The molecule has 0 aromatic carbocycles. The molecule has 2 amide bonds. The molecule has 0 radical (unpaired) electrons. The van der Waals surface area contributed by atoms with E-state index >= 15 is 0 Å². The Morgan fingerprint density at radius 3 is 2.37 bits per heavy atom. The molecule has 8 atom stereocenters. The molecule has 2 aromatic rings. The number of fused-ring (bicyclic) bond motifs is 1. The number of rotatable bonds is 21. The molecule has 3 heterocycles. The Morgan fingerprint density at radius 1 is 1.09 bits per heavy atom. The summed E-state index contributed by atoms with van der Waals surface area (Å²) in [6.45, 7) is 0.304. The van der Waals surface area contributed by atoms with Crippen molar-refractivity contribution in [3.63, 3.8) is 0 Å². The average molecular weight is 874 g/mol. The number of phosphoric acid groups is 3. The molecule has 25 nitrogen and oxygen atoms in total. The van der Waals surface area contributed by atoms with E-state index in [0.717, 1.165) is 23.5 Å². The molecule has 308 valence electrons. The van der Waals surface area contributed by atoms with Crippen LogP contribution in [0.3, 0.4) is 0 Å². The molecule has 2 unspecified atom stereocenters. The fourth-order valence-corrected chi connectivity index (χ4v) is 9.39. The third-order valence-corrected chi connectivity index (χ3v) is 12.2. The van der Waals surface area contributed by atoms with Crippen LogP contribution in [0.5, 0.6) is 0 Å². The number of nitrogens with two attached hydrogens (primary N) is 1. The lowest BCUT2D eigenvalue weighted by atomic mass is 9.87. The zero-order valence-corrected chi connectivity index (χ0v) is 33.1. The van der Waals surface area contributed by atoms with Crippen molar-refractivity contribution in [3.05, 3.63) is 12.7 Å². The Balaban J connectivity index is 1.52. The molecule has 0 aliphatic carbocycles. The maximum atomic E-state index is 12.6. The van der Waals surface area contributed by atoms with Crippen LogP contribution in [0.1, 0.15) is 32.9 Å². The van der Waals surface area contributed by atoms with Crippen LogP contribution in [0.15, 0.2) is 12.7 Å². The van der Waals surface area contributed by atoms with Gasteiger partial charge in [0.15, 0.2) is 17.7 Å². The SMILES string of the molecule is CC(C)(COP(=O)(O)OP(=O)(O)OC[C@H]1O[C@@H](n2cnc3c(N)ncnc32)[C@H](O)[C@@H]1OP(=O)(O)O)[C@@H](O)C(=O)NCCC(=O)NCC[C@@H](S)CS(C)(=O)=O. The highest BCUT2D eigenvalue weighted by Crippen LogP contribution is 2.61. The molecule has 2 aromatic heterocycles. The molecule has 3 rings (SSSR count). The fraction of sp³-hybridized carbons (Fsp3) is 0.708. The van der Waals surface area contributed by atoms with E-state index in [4.69, 9.17) is 19.5 Å². The summed E-state index contributed by atoms with van der Waals surface area (Å²) in [5.41, 5.74) is 4.22. The van der Waals surface area contributed by atoms with Gasteiger partial charge in [0, 0.05) is 36.4 Å². The second-order valence-corrected chi connectivity index (χ2v) is 19.8. The van der Waals surface area contributed by atoms with Crippen LogP contribution in [-0.2, 0) is 55.7 Å². The van der Waals surface area contributed by atoms with Gasteiger partial charge in [0.2, 0.25) is 11.8 Å². The summed E-state index contributed by atoms with van der Waals surface area (Å²) in [6.07, 6.45) is -5.70. The van der Waals surface area contributed by atoms with Crippen molar-refractivity contribution in [2.75, 3.05) is 44.0 Å². The van der Waals surface area contributed by atoms with Gasteiger partial charge in [-0.15, -0.1) is 0 Å². The second-order valence-electron chi connectivity index (χ2n) is 12.6. The normalized spacial score (nSPS) is 23.0. The predicted octanol–water partition coefficient (Wildman–Crippen LogP) is -1.86. The van der Waals surface area contributed by atoms with Gasteiger partial charge in [-0.05, 0) is 6.42 Å². The minimum atomic E-state index is -5.58. The lowest BCUT2D eigenvalue weighted by Crippen LogP contribution is -2.46. The van der Waals surface area contributed by atoms with E-state index in [9.17, 15) is 61.5 Å². The number of carbonyl (C=O) groups excluding carboxylic acids is 2. The van der Waals surface area contributed by atoms with E-state index in [1.54, 1.807) is 0 Å². The van der Waals surface area contributed by atoms with Crippen molar-refractivity contribution < 1.29 is 84.1 Å². The third-order valence-electron chi connectivity index (χ3n) is 7.37. The summed E-state index contributed by atoms with van der Waals surface area (Å²) in [5, 5.41) is 25.7. The van der Waals surface area contributed by atoms with Gasteiger partial charge < -0.3 is 50.9 Å². The first-order valence-corrected chi connectivity index (χ1v) is 22.5. The number of anilines is 1. The fourth-order valence-electron chi connectivity index (χ4n) is 4.75. The van der Waals surface area contributed by atoms with Gasteiger partial charge in [-0.3, -0.25) is 27.7 Å². The largest absolute Gasteiger partial charge is 0.481 e. The van der Waals surface area contributed by atoms with Gasteiger partial charge in [-0.2, -0.15) is 16.9 Å².